The van der Waals surface area contributed by atoms with Gasteiger partial charge in [-0.15, -0.1) is 0 Å². The van der Waals surface area contributed by atoms with Gasteiger partial charge in [0.1, 0.15) is 17.3 Å². The Bertz CT molecular complexity index is 3470. The fourth-order valence-corrected chi connectivity index (χ4v) is 9.89. The lowest BCUT2D eigenvalue weighted by Gasteiger charge is -2.27. The molecular formula is C64H62N4O. The van der Waals surface area contributed by atoms with Gasteiger partial charge in [0.05, 0.1) is 28.1 Å². The first-order valence-corrected chi connectivity index (χ1v) is 24.2. The van der Waals surface area contributed by atoms with Crippen LogP contribution in [-0.4, -0.2) is 14.1 Å². The predicted octanol–water partition coefficient (Wildman–Crippen LogP) is 15.8. The molecule has 3 aromatic heterocycles. The zero-order valence-corrected chi connectivity index (χ0v) is 41.7. The summed E-state index contributed by atoms with van der Waals surface area (Å²) in [5.41, 5.74) is 12.7. The van der Waals surface area contributed by atoms with Crippen molar-refractivity contribution < 1.29 is 9.30 Å². The number of imidazole rings is 1. The van der Waals surface area contributed by atoms with E-state index in [2.05, 4.69) is 277 Å². The van der Waals surface area contributed by atoms with Crippen molar-refractivity contribution in [2.24, 2.45) is 0 Å². The number of nitrogens with zero attached hydrogens (tertiary/aromatic N) is 4. The molecule has 0 radical (unpaired) electrons. The highest BCUT2D eigenvalue weighted by atomic mass is 16.5. The lowest BCUT2D eigenvalue weighted by molar-refractivity contribution is -0.599. The van der Waals surface area contributed by atoms with Gasteiger partial charge in [-0.25, -0.2) is 4.98 Å². The number of rotatable bonds is 10. The summed E-state index contributed by atoms with van der Waals surface area (Å²) in [5, 5.41) is 2.40. The van der Waals surface area contributed by atoms with Crippen LogP contribution in [0.4, 0.5) is 0 Å². The Morgan fingerprint density at radius 1 is 0.493 bits per heavy atom. The molecule has 0 saturated carbocycles. The van der Waals surface area contributed by atoms with E-state index in [1.54, 1.807) is 0 Å². The Kier molecular flexibility index (Phi) is 11.3. The number of hydrogen-bond acceptors (Lipinski definition) is 2. The molecule has 5 heteroatoms. The number of hydrogen-bond donors (Lipinski definition) is 0. The SMILES string of the molecule is CC(C)(C)c1ccnc(-n2c3ccccc3c3c(C(C)(C)C)cc(Oc4cc(-c5ccccc5)cc(-n5[c-][n+](-c6cccc(C(C)(C)c7ccccc7)c6)cc5C(C)(C)c5ccccc5)c4)cc32)c1. The van der Waals surface area contributed by atoms with Crippen molar-refractivity contribution in [1.29, 1.82) is 0 Å². The second-order valence-corrected chi connectivity index (χ2v) is 21.7. The Morgan fingerprint density at radius 2 is 1.12 bits per heavy atom. The molecule has 0 spiro atoms. The maximum atomic E-state index is 7.24. The first kappa shape index (κ1) is 45.3. The Hall–Kier alpha value is -7.50. The number of aromatic nitrogens is 4. The van der Waals surface area contributed by atoms with Gasteiger partial charge in [0, 0.05) is 40.1 Å². The van der Waals surface area contributed by atoms with Crippen LogP contribution >= 0.6 is 0 Å². The van der Waals surface area contributed by atoms with E-state index in [0.29, 0.717) is 0 Å². The highest BCUT2D eigenvalue weighted by Gasteiger charge is 2.31. The maximum Gasteiger partial charge on any atom is 0.269 e. The van der Waals surface area contributed by atoms with Crippen molar-refractivity contribution in [2.75, 3.05) is 0 Å². The fourth-order valence-electron chi connectivity index (χ4n) is 9.89. The van der Waals surface area contributed by atoms with Gasteiger partial charge < -0.3 is 4.74 Å². The van der Waals surface area contributed by atoms with Gasteiger partial charge in [-0.05, 0) is 104 Å². The van der Waals surface area contributed by atoms with Crippen LogP contribution in [0, 0.1) is 6.33 Å². The Balaban J connectivity index is 1.17. The molecule has 0 fully saturated rings. The summed E-state index contributed by atoms with van der Waals surface area (Å²) >= 11 is 0. The molecule has 0 bridgehead atoms. The van der Waals surface area contributed by atoms with Crippen LogP contribution in [0.3, 0.4) is 0 Å². The lowest BCUT2D eigenvalue weighted by Crippen LogP contribution is -2.30. The molecule has 0 aliphatic rings. The molecule has 7 aromatic carbocycles. The minimum absolute atomic E-state index is 0.0430. The van der Waals surface area contributed by atoms with E-state index in [1.165, 1.54) is 38.6 Å². The van der Waals surface area contributed by atoms with Crippen molar-refractivity contribution in [2.45, 2.75) is 90.9 Å². The highest BCUT2D eigenvalue weighted by molar-refractivity contribution is 6.11. The van der Waals surface area contributed by atoms with E-state index in [-0.39, 0.29) is 16.2 Å². The topological polar surface area (TPSA) is 35.9 Å². The largest absolute Gasteiger partial charge is 0.458 e. The molecule has 0 atom stereocenters. The van der Waals surface area contributed by atoms with Gasteiger partial charge in [0.15, 0.2) is 0 Å². The molecule has 344 valence electrons. The van der Waals surface area contributed by atoms with Crippen LogP contribution in [0.15, 0.2) is 194 Å². The van der Waals surface area contributed by atoms with Gasteiger partial charge in [-0.1, -0.05) is 191 Å². The third kappa shape index (κ3) is 8.56. The zero-order valence-electron chi connectivity index (χ0n) is 41.7. The van der Waals surface area contributed by atoms with Gasteiger partial charge in [0.25, 0.3) is 6.33 Å². The Morgan fingerprint density at radius 3 is 1.80 bits per heavy atom. The number of fused-ring (bicyclic) bond motifs is 3. The van der Waals surface area contributed by atoms with E-state index in [1.807, 2.05) is 6.20 Å². The van der Waals surface area contributed by atoms with Crippen LogP contribution in [-0.2, 0) is 21.7 Å². The minimum atomic E-state index is -0.411. The van der Waals surface area contributed by atoms with Crippen molar-refractivity contribution in [1.82, 2.24) is 14.1 Å². The molecule has 0 N–H and O–H groups in total. The molecule has 5 nitrogen and oxygen atoms in total. The van der Waals surface area contributed by atoms with Crippen LogP contribution in [0.5, 0.6) is 11.5 Å². The molecule has 3 heterocycles. The lowest BCUT2D eigenvalue weighted by atomic mass is 9.78. The number of pyridine rings is 1. The van der Waals surface area contributed by atoms with Gasteiger partial charge >= 0.3 is 0 Å². The molecular weight excluding hydrogens is 841 g/mol. The summed E-state index contributed by atoms with van der Waals surface area (Å²) in [4.78, 5) is 5.01. The van der Waals surface area contributed by atoms with Crippen molar-refractivity contribution in [3.8, 4) is 39.8 Å². The van der Waals surface area contributed by atoms with E-state index >= 15 is 0 Å². The molecule has 0 amide bonds. The Labute approximate surface area is 408 Å². The van der Waals surface area contributed by atoms with Gasteiger partial charge in [-0.3, -0.25) is 13.7 Å². The predicted molar refractivity (Wildman–Crippen MR) is 285 cm³/mol. The van der Waals surface area contributed by atoms with Crippen LogP contribution < -0.4 is 9.30 Å². The van der Waals surface area contributed by atoms with Gasteiger partial charge in [-0.2, -0.15) is 0 Å². The van der Waals surface area contributed by atoms with Crippen molar-refractivity contribution >= 4 is 21.8 Å². The summed E-state index contributed by atoms with van der Waals surface area (Å²) < 4.78 is 13.9. The minimum Gasteiger partial charge on any atom is -0.458 e. The third-order valence-electron chi connectivity index (χ3n) is 14.1. The van der Waals surface area contributed by atoms with Crippen LogP contribution in [0.2, 0.25) is 0 Å². The monoisotopic (exact) mass is 902 g/mol. The van der Waals surface area contributed by atoms with Gasteiger partial charge in [0.2, 0.25) is 0 Å². The average molecular weight is 903 g/mol. The van der Waals surface area contributed by atoms with Crippen LogP contribution in [0.25, 0.3) is 50.1 Å². The normalized spacial score (nSPS) is 12.5. The van der Waals surface area contributed by atoms with E-state index in [9.17, 15) is 0 Å². The molecule has 0 aliphatic heterocycles. The van der Waals surface area contributed by atoms with Crippen LogP contribution in [0.1, 0.15) is 103 Å². The highest BCUT2D eigenvalue weighted by Crippen LogP contribution is 2.43. The summed E-state index contributed by atoms with van der Waals surface area (Å²) in [5.74, 6) is 2.37. The molecule has 0 saturated heterocycles. The van der Waals surface area contributed by atoms with Crippen molar-refractivity contribution in [3.05, 3.63) is 234 Å². The summed E-state index contributed by atoms with van der Waals surface area (Å²) in [6.07, 6.45) is 8.05. The molecule has 0 aliphatic carbocycles. The second-order valence-electron chi connectivity index (χ2n) is 21.7. The quantitative estimate of drug-likeness (QED) is 0.101. The molecule has 69 heavy (non-hydrogen) atoms. The first-order chi connectivity index (χ1) is 33.0. The summed E-state index contributed by atoms with van der Waals surface area (Å²) in [6.45, 7) is 22.8. The van der Waals surface area contributed by atoms with E-state index < -0.39 is 5.41 Å². The third-order valence-corrected chi connectivity index (χ3v) is 14.1. The summed E-state index contributed by atoms with van der Waals surface area (Å²) in [7, 11) is 0. The van der Waals surface area contributed by atoms with Crippen molar-refractivity contribution in [3.63, 3.8) is 0 Å². The standard InChI is InChI=1S/C64H62N4O/c1-61(2,3)48-33-34-65-59(38-48)68-56-32-21-20-31-54(56)60-55(62(4,5)6)40-53(41-57(60)68)69-52-36-45(44-23-14-11-15-24-44)35-51(39-52)67-43-66(42-58(67)64(9,10)47-27-18-13-19-28-47)50-30-22-29-49(37-50)63(7,8)46-25-16-12-17-26-46/h11-42H,1-10H3. The number of para-hydroxylation sites is 1. The van der Waals surface area contributed by atoms with E-state index in [4.69, 9.17) is 9.72 Å². The summed E-state index contributed by atoms with van der Waals surface area (Å²) in [6, 6.07) is 65.1. The first-order valence-electron chi connectivity index (χ1n) is 24.2. The average Bonchev–Trinajstić information content (AvgIpc) is 3.95. The maximum absolute atomic E-state index is 7.24. The molecule has 10 aromatic rings. The zero-order chi connectivity index (χ0) is 48.3. The molecule has 10 rings (SSSR count). The number of ether oxygens (including phenoxy) is 1. The second kappa shape index (κ2) is 17.2. The number of benzene rings is 7. The fraction of sp³-hybridized carbons (Fsp3) is 0.219. The molecule has 0 unspecified atom stereocenters. The smallest absolute Gasteiger partial charge is 0.269 e. The van der Waals surface area contributed by atoms with E-state index in [0.717, 1.165) is 56.5 Å².